The summed E-state index contributed by atoms with van der Waals surface area (Å²) in [5, 5.41) is 5.27. The molecule has 2 amide bonds. The van der Waals surface area contributed by atoms with Crippen LogP contribution in [0.4, 0.5) is 5.13 Å². The second-order valence-corrected chi connectivity index (χ2v) is 8.21. The molecule has 0 spiro atoms. The molecule has 1 aliphatic rings. The third-order valence-corrected chi connectivity index (χ3v) is 5.79. The lowest BCUT2D eigenvalue weighted by molar-refractivity contribution is -0.117. The van der Waals surface area contributed by atoms with Gasteiger partial charge in [0.05, 0.1) is 12.8 Å². The number of aromatic nitrogens is 1. The molecule has 1 aromatic carbocycles. The Morgan fingerprint density at radius 2 is 2.07 bits per heavy atom. The third-order valence-electron chi connectivity index (χ3n) is 5.03. The molecule has 1 aliphatic heterocycles. The van der Waals surface area contributed by atoms with Crippen LogP contribution in [0.1, 0.15) is 22.3 Å². The first-order valence-electron chi connectivity index (χ1n) is 9.96. The van der Waals surface area contributed by atoms with Gasteiger partial charge in [-0.05, 0) is 37.6 Å². The van der Waals surface area contributed by atoms with Gasteiger partial charge in [-0.15, -0.1) is 11.3 Å². The van der Waals surface area contributed by atoms with E-state index in [1.807, 2.05) is 47.5 Å². The number of rotatable bonds is 5. The molecule has 30 heavy (non-hydrogen) atoms. The van der Waals surface area contributed by atoms with Crippen molar-refractivity contribution in [1.82, 2.24) is 14.8 Å². The average Bonchev–Trinajstić information content (AvgIpc) is 3.36. The summed E-state index contributed by atoms with van der Waals surface area (Å²) >= 11 is 1.37. The zero-order chi connectivity index (χ0) is 20.9. The Morgan fingerprint density at radius 3 is 2.87 bits per heavy atom. The van der Waals surface area contributed by atoms with E-state index in [1.54, 1.807) is 12.3 Å². The van der Waals surface area contributed by atoms with Gasteiger partial charge in [0.25, 0.3) is 5.91 Å². The maximum absolute atomic E-state index is 12.8. The number of anilines is 1. The van der Waals surface area contributed by atoms with Gasteiger partial charge in [-0.3, -0.25) is 14.5 Å². The van der Waals surface area contributed by atoms with Crippen molar-refractivity contribution >= 4 is 28.3 Å². The van der Waals surface area contributed by atoms with Crippen molar-refractivity contribution in [2.75, 3.05) is 38.0 Å². The molecule has 0 radical (unpaired) electrons. The van der Waals surface area contributed by atoms with Gasteiger partial charge in [0, 0.05) is 37.1 Å². The van der Waals surface area contributed by atoms with Gasteiger partial charge in [-0.2, -0.15) is 0 Å². The molecule has 0 atom stereocenters. The Hall–Kier alpha value is -2.97. The Labute approximate surface area is 179 Å². The van der Waals surface area contributed by atoms with Crippen LogP contribution in [0, 0.1) is 6.92 Å². The first kappa shape index (κ1) is 20.3. The van der Waals surface area contributed by atoms with Crippen LogP contribution in [0.2, 0.25) is 0 Å². The Kier molecular flexibility index (Phi) is 6.25. The molecular formula is C22H24N4O3S. The highest BCUT2D eigenvalue weighted by atomic mass is 32.1. The number of amides is 2. The lowest BCUT2D eigenvalue weighted by atomic mass is 10.1. The summed E-state index contributed by atoms with van der Waals surface area (Å²) in [6.07, 6.45) is 2.43. The number of furan rings is 1. The van der Waals surface area contributed by atoms with Crippen LogP contribution < -0.4 is 5.32 Å². The molecule has 0 saturated carbocycles. The molecule has 3 aromatic rings. The number of nitrogens with one attached hydrogen (secondary N) is 1. The maximum Gasteiger partial charge on any atom is 0.253 e. The van der Waals surface area contributed by atoms with Gasteiger partial charge in [-0.25, -0.2) is 4.98 Å². The summed E-state index contributed by atoms with van der Waals surface area (Å²) in [5.41, 5.74) is 2.50. The molecule has 156 valence electrons. The first-order valence-corrected chi connectivity index (χ1v) is 10.8. The molecular weight excluding hydrogens is 400 g/mol. The third kappa shape index (κ3) is 4.95. The van der Waals surface area contributed by atoms with E-state index in [4.69, 9.17) is 4.42 Å². The van der Waals surface area contributed by atoms with E-state index in [-0.39, 0.29) is 18.4 Å². The van der Waals surface area contributed by atoms with E-state index in [9.17, 15) is 9.59 Å². The molecule has 7 nitrogen and oxygen atoms in total. The fourth-order valence-corrected chi connectivity index (χ4v) is 4.24. The number of carbonyl (C=O) groups is 2. The first-order chi connectivity index (χ1) is 14.6. The molecule has 1 saturated heterocycles. The highest BCUT2D eigenvalue weighted by molar-refractivity contribution is 7.14. The number of hydrogen-bond acceptors (Lipinski definition) is 6. The highest BCUT2D eigenvalue weighted by Gasteiger charge is 2.22. The van der Waals surface area contributed by atoms with Gasteiger partial charge >= 0.3 is 0 Å². The van der Waals surface area contributed by atoms with Crippen LogP contribution in [0.25, 0.3) is 11.5 Å². The largest absolute Gasteiger partial charge is 0.463 e. The lowest BCUT2D eigenvalue weighted by Gasteiger charge is -2.22. The molecule has 4 rings (SSSR count). The SMILES string of the molecule is Cc1cccc(C(=O)N2CCCN(CC(=O)Nc3nc(-c4ccco4)cs3)CC2)c1. The van der Waals surface area contributed by atoms with E-state index >= 15 is 0 Å². The number of aryl methyl sites for hydroxylation is 1. The Bertz CT molecular complexity index is 1020. The van der Waals surface area contributed by atoms with Crippen LogP contribution in [-0.2, 0) is 4.79 Å². The van der Waals surface area contributed by atoms with E-state index in [0.29, 0.717) is 36.2 Å². The van der Waals surface area contributed by atoms with Crippen LogP contribution in [0.3, 0.4) is 0 Å². The molecule has 2 aromatic heterocycles. The second-order valence-electron chi connectivity index (χ2n) is 7.35. The van der Waals surface area contributed by atoms with E-state index < -0.39 is 0 Å². The number of thiazole rings is 1. The summed E-state index contributed by atoms with van der Waals surface area (Å²) in [5.74, 6) is 0.629. The van der Waals surface area contributed by atoms with Crippen LogP contribution in [0.5, 0.6) is 0 Å². The Morgan fingerprint density at radius 1 is 1.17 bits per heavy atom. The van der Waals surface area contributed by atoms with Crippen molar-refractivity contribution in [3.8, 4) is 11.5 Å². The van der Waals surface area contributed by atoms with Gasteiger partial charge in [0.15, 0.2) is 10.9 Å². The fourth-order valence-electron chi connectivity index (χ4n) is 3.52. The molecule has 1 fully saturated rings. The Balaban J connectivity index is 1.29. The van der Waals surface area contributed by atoms with Crippen molar-refractivity contribution in [1.29, 1.82) is 0 Å². The van der Waals surface area contributed by atoms with Gasteiger partial charge in [0.1, 0.15) is 5.69 Å². The minimum Gasteiger partial charge on any atom is -0.463 e. The van der Waals surface area contributed by atoms with Crippen molar-refractivity contribution in [2.24, 2.45) is 0 Å². The molecule has 0 aliphatic carbocycles. The van der Waals surface area contributed by atoms with Crippen LogP contribution in [-0.4, -0.2) is 59.3 Å². The van der Waals surface area contributed by atoms with Gasteiger partial charge < -0.3 is 14.6 Å². The zero-order valence-electron chi connectivity index (χ0n) is 16.8. The summed E-state index contributed by atoms with van der Waals surface area (Å²) in [6.45, 7) is 5.02. The molecule has 0 bridgehead atoms. The summed E-state index contributed by atoms with van der Waals surface area (Å²) in [6, 6.07) is 11.3. The predicted octanol–water partition coefficient (Wildman–Crippen LogP) is 3.50. The van der Waals surface area contributed by atoms with E-state index in [0.717, 1.165) is 24.1 Å². The second kappa shape index (κ2) is 9.23. The van der Waals surface area contributed by atoms with Crippen molar-refractivity contribution in [3.63, 3.8) is 0 Å². The summed E-state index contributed by atoms with van der Waals surface area (Å²) < 4.78 is 5.33. The van der Waals surface area contributed by atoms with Crippen LogP contribution >= 0.6 is 11.3 Å². The van der Waals surface area contributed by atoms with Gasteiger partial charge in [0.2, 0.25) is 5.91 Å². The van der Waals surface area contributed by atoms with Crippen molar-refractivity contribution in [3.05, 3.63) is 59.2 Å². The monoisotopic (exact) mass is 424 g/mol. The van der Waals surface area contributed by atoms with Crippen molar-refractivity contribution < 1.29 is 14.0 Å². The summed E-state index contributed by atoms with van der Waals surface area (Å²) in [4.78, 5) is 33.6. The normalized spacial score (nSPS) is 15.0. The van der Waals surface area contributed by atoms with Gasteiger partial charge in [-0.1, -0.05) is 17.7 Å². The number of carbonyl (C=O) groups excluding carboxylic acids is 2. The quantitative estimate of drug-likeness (QED) is 0.678. The number of nitrogens with zero attached hydrogens (tertiary/aromatic N) is 3. The average molecular weight is 425 g/mol. The maximum atomic E-state index is 12.8. The number of hydrogen-bond donors (Lipinski definition) is 1. The topological polar surface area (TPSA) is 78.7 Å². The smallest absolute Gasteiger partial charge is 0.253 e. The van der Waals surface area contributed by atoms with Crippen LogP contribution in [0.15, 0.2) is 52.5 Å². The predicted molar refractivity (Wildman–Crippen MR) is 117 cm³/mol. The van der Waals surface area contributed by atoms with E-state index in [2.05, 4.69) is 15.2 Å². The fraction of sp³-hybridized carbons (Fsp3) is 0.318. The summed E-state index contributed by atoms with van der Waals surface area (Å²) in [7, 11) is 0. The lowest BCUT2D eigenvalue weighted by Crippen LogP contribution is -2.38. The standard InChI is InChI=1S/C22H24N4O3S/c1-16-5-2-6-17(13-16)21(28)26-9-4-8-25(10-11-26)14-20(27)24-22-23-18(15-30-22)19-7-3-12-29-19/h2-3,5-7,12-13,15H,4,8-11,14H2,1H3,(H,23,24,27). The van der Waals surface area contributed by atoms with E-state index in [1.165, 1.54) is 11.3 Å². The number of benzene rings is 1. The molecule has 3 heterocycles. The minimum atomic E-state index is -0.103. The van der Waals surface area contributed by atoms with Crippen molar-refractivity contribution in [2.45, 2.75) is 13.3 Å². The zero-order valence-corrected chi connectivity index (χ0v) is 17.7. The minimum absolute atomic E-state index is 0.0539. The molecule has 0 unspecified atom stereocenters. The highest BCUT2D eigenvalue weighted by Crippen LogP contribution is 2.25. The molecule has 8 heteroatoms. The molecule has 1 N–H and O–H groups in total.